The highest BCUT2D eigenvalue weighted by atomic mass is 32.2. The second-order valence-corrected chi connectivity index (χ2v) is 10.4. The van der Waals surface area contributed by atoms with E-state index >= 15 is 0 Å². The predicted molar refractivity (Wildman–Crippen MR) is 100 cm³/mol. The van der Waals surface area contributed by atoms with Crippen LogP contribution in [0.3, 0.4) is 0 Å². The molecule has 1 aromatic heterocycles. The molecule has 1 spiro atoms. The summed E-state index contributed by atoms with van der Waals surface area (Å²) in [4.78, 5) is 6.66. The van der Waals surface area contributed by atoms with Crippen molar-refractivity contribution in [3.8, 4) is 0 Å². The summed E-state index contributed by atoms with van der Waals surface area (Å²) >= 11 is 0. The highest BCUT2D eigenvalue weighted by Gasteiger charge is 2.53. The third-order valence-electron chi connectivity index (χ3n) is 6.44. The van der Waals surface area contributed by atoms with Gasteiger partial charge in [-0.15, -0.1) is 0 Å². The van der Waals surface area contributed by atoms with E-state index in [0.717, 1.165) is 45.3 Å². The Morgan fingerprint density at radius 1 is 1.31 bits per heavy atom. The monoisotopic (exact) mass is 379 g/mol. The Hall–Kier alpha value is -1.02. The molecule has 4 rings (SSSR count). The number of pyridine rings is 1. The van der Waals surface area contributed by atoms with Crippen molar-refractivity contribution in [3.63, 3.8) is 0 Å². The highest BCUT2D eigenvalue weighted by Crippen LogP contribution is 2.47. The Balaban J connectivity index is 1.43. The Morgan fingerprint density at radius 3 is 2.69 bits per heavy atom. The van der Waals surface area contributed by atoms with Crippen molar-refractivity contribution in [2.24, 2.45) is 11.3 Å². The normalized spacial score (nSPS) is 27.2. The van der Waals surface area contributed by atoms with E-state index in [2.05, 4.69) is 16.0 Å². The molecule has 3 fully saturated rings. The molecule has 0 unspecified atom stereocenters. The second-order valence-electron chi connectivity index (χ2n) is 8.19. The lowest BCUT2D eigenvalue weighted by atomic mass is 9.71. The lowest BCUT2D eigenvalue weighted by Gasteiger charge is -2.42. The largest absolute Gasteiger partial charge is 0.384 e. The smallest absolute Gasteiger partial charge is 0.217 e. The third-order valence-corrected chi connectivity index (χ3v) is 8.75. The lowest BCUT2D eigenvalue weighted by Crippen LogP contribution is -2.45. The third kappa shape index (κ3) is 3.54. The van der Waals surface area contributed by atoms with Crippen LogP contribution in [0.4, 0.5) is 0 Å². The van der Waals surface area contributed by atoms with Gasteiger partial charge in [-0.1, -0.05) is 6.07 Å². The summed E-state index contributed by atoms with van der Waals surface area (Å²) < 4.78 is 32.7. The Kier molecular flexibility index (Phi) is 5.07. The van der Waals surface area contributed by atoms with Gasteiger partial charge in [-0.3, -0.25) is 9.88 Å². The van der Waals surface area contributed by atoms with Crippen LogP contribution >= 0.6 is 0 Å². The fourth-order valence-electron chi connectivity index (χ4n) is 4.66. The molecule has 0 amide bonds. The minimum absolute atomic E-state index is 0.0728. The van der Waals surface area contributed by atoms with Crippen molar-refractivity contribution in [1.82, 2.24) is 14.2 Å². The minimum Gasteiger partial charge on any atom is -0.384 e. The van der Waals surface area contributed by atoms with Gasteiger partial charge in [-0.2, -0.15) is 0 Å². The molecule has 1 aliphatic carbocycles. The molecule has 3 aliphatic rings. The number of piperidine rings is 1. The van der Waals surface area contributed by atoms with E-state index < -0.39 is 10.0 Å². The SMILES string of the molecule is COC[C@H]1CN(S(=O)(=O)C2CC2)CC12CCN(Cc1cccnc1)CC2. The minimum atomic E-state index is -3.10. The van der Waals surface area contributed by atoms with Gasteiger partial charge in [0.1, 0.15) is 0 Å². The number of sulfonamides is 1. The maximum atomic E-state index is 12.7. The number of hydrogen-bond donors (Lipinski definition) is 0. The standard InChI is InChI=1S/C19H29N3O3S/c1-25-14-17-13-22(26(23,24)18-4-5-18)15-19(17)6-9-21(10-7-19)12-16-3-2-8-20-11-16/h2-3,8,11,17-18H,4-7,9-10,12-15H2,1H3/t17-/m1/s1. The first-order chi connectivity index (χ1) is 12.5. The van der Waals surface area contributed by atoms with Crippen LogP contribution in [0.2, 0.25) is 0 Å². The summed E-state index contributed by atoms with van der Waals surface area (Å²) in [6, 6.07) is 4.09. The first kappa shape index (κ1) is 18.3. The molecule has 7 heteroatoms. The predicted octanol–water partition coefficient (Wildman–Crippen LogP) is 1.73. The molecule has 26 heavy (non-hydrogen) atoms. The topological polar surface area (TPSA) is 62.7 Å². The van der Waals surface area contributed by atoms with Gasteiger partial charge in [0.05, 0.1) is 11.9 Å². The maximum absolute atomic E-state index is 12.7. The zero-order valence-electron chi connectivity index (χ0n) is 15.5. The molecular formula is C19H29N3O3S. The van der Waals surface area contributed by atoms with Crippen molar-refractivity contribution in [1.29, 1.82) is 0 Å². The quantitative estimate of drug-likeness (QED) is 0.753. The van der Waals surface area contributed by atoms with Crippen LogP contribution in [0.15, 0.2) is 24.5 Å². The number of likely N-dealkylation sites (tertiary alicyclic amines) is 1. The van der Waals surface area contributed by atoms with E-state index in [9.17, 15) is 8.42 Å². The molecule has 0 radical (unpaired) electrons. The molecule has 1 saturated carbocycles. The van der Waals surface area contributed by atoms with Gasteiger partial charge in [0.2, 0.25) is 10.0 Å². The Morgan fingerprint density at radius 2 is 2.08 bits per heavy atom. The highest BCUT2D eigenvalue weighted by molar-refractivity contribution is 7.90. The zero-order chi connectivity index (χ0) is 18.2. The summed E-state index contributed by atoms with van der Waals surface area (Å²) in [6.45, 7) is 4.90. The molecule has 1 aromatic rings. The maximum Gasteiger partial charge on any atom is 0.217 e. The summed E-state index contributed by atoms with van der Waals surface area (Å²) in [5, 5.41) is -0.119. The number of aromatic nitrogens is 1. The first-order valence-corrected chi connectivity index (χ1v) is 11.1. The van der Waals surface area contributed by atoms with Crippen LogP contribution in [-0.2, 0) is 21.3 Å². The van der Waals surface area contributed by atoms with Gasteiger partial charge in [0, 0.05) is 45.1 Å². The summed E-state index contributed by atoms with van der Waals surface area (Å²) in [5.74, 6) is 0.307. The van der Waals surface area contributed by atoms with Crippen LogP contribution in [0.25, 0.3) is 0 Å². The summed E-state index contributed by atoms with van der Waals surface area (Å²) in [6.07, 6.45) is 7.48. The van der Waals surface area contributed by atoms with Gasteiger partial charge in [-0.05, 0) is 55.8 Å². The number of methoxy groups -OCH3 is 1. The fourth-order valence-corrected chi connectivity index (χ4v) is 6.64. The average molecular weight is 380 g/mol. The van der Waals surface area contributed by atoms with Crippen molar-refractivity contribution in [2.45, 2.75) is 37.5 Å². The fraction of sp³-hybridized carbons (Fsp3) is 0.737. The van der Waals surface area contributed by atoms with Crippen molar-refractivity contribution in [2.75, 3.05) is 39.9 Å². The molecule has 2 saturated heterocycles. The average Bonchev–Trinajstić information content (AvgIpc) is 3.44. The van der Waals surface area contributed by atoms with Crippen LogP contribution in [0.5, 0.6) is 0 Å². The van der Waals surface area contributed by atoms with Crippen molar-refractivity contribution >= 4 is 10.0 Å². The molecule has 2 aliphatic heterocycles. The summed E-state index contributed by atoms with van der Waals surface area (Å²) in [5.41, 5.74) is 1.31. The molecule has 0 aromatic carbocycles. The molecule has 144 valence electrons. The second kappa shape index (κ2) is 7.19. The van der Waals surface area contributed by atoms with Crippen molar-refractivity contribution in [3.05, 3.63) is 30.1 Å². The number of rotatable bonds is 6. The van der Waals surface area contributed by atoms with Crippen LogP contribution in [0, 0.1) is 11.3 Å². The van der Waals surface area contributed by atoms with Gasteiger partial charge < -0.3 is 4.74 Å². The van der Waals surface area contributed by atoms with Crippen LogP contribution in [-0.4, -0.2) is 67.8 Å². The number of hydrogen-bond acceptors (Lipinski definition) is 5. The van der Waals surface area contributed by atoms with Gasteiger partial charge in [0.15, 0.2) is 0 Å². The number of nitrogens with zero attached hydrogens (tertiary/aromatic N) is 3. The van der Waals surface area contributed by atoms with E-state index in [-0.39, 0.29) is 10.7 Å². The van der Waals surface area contributed by atoms with Gasteiger partial charge in [0.25, 0.3) is 0 Å². The van der Waals surface area contributed by atoms with Crippen LogP contribution < -0.4 is 0 Å². The van der Waals surface area contributed by atoms with E-state index in [1.807, 2.05) is 12.3 Å². The summed E-state index contributed by atoms with van der Waals surface area (Å²) in [7, 11) is -1.37. The van der Waals surface area contributed by atoms with Gasteiger partial charge in [-0.25, -0.2) is 12.7 Å². The van der Waals surface area contributed by atoms with E-state index in [1.54, 1.807) is 17.6 Å². The van der Waals surface area contributed by atoms with E-state index in [4.69, 9.17) is 4.74 Å². The molecule has 3 heterocycles. The molecule has 0 N–H and O–H groups in total. The van der Waals surface area contributed by atoms with Crippen molar-refractivity contribution < 1.29 is 13.2 Å². The number of ether oxygens (including phenoxy) is 1. The van der Waals surface area contributed by atoms with E-state index in [0.29, 0.717) is 25.6 Å². The molecule has 6 nitrogen and oxygen atoms in total. The molecule has 1 atom stereocenters. The Bertz CT molecular complexity index is 713. The first-order valence-electron chi connectivity index (χ1n) is 9.63. The van der Waals surface area contributed by atoms with Crippen LogP contribution in [0.1, 0.15) is 31.2 Å². The lowest BCUT2D eigenvalue weighted by molar-refractivity contribution is 0.0357. The zero-order valence-corrected chi connectivity index (χ0v) is 16.3. The molecule has 0 bridgehead atoms. The van der Waals surface area contributed by atoms with E-state index in [1.165, 1.54) is 5.56 Å². The Labute approximate surface area is 156 Å². The van der Waals surface area contributed by atoms with Gasteiger partial charge >= 0.3 is 0 Å². The molecular weight excluding hydrogens is 350 g/mol.